The lowest BCUT2D eigenvalue weighted by molar-refractivity contribution is 0.0697. The van der Waals surface area contributed by atoms with E-state index in [4.69, 9.17) is 5.11 Å². The van der Waals surface area contributed by atoms with Crippen molar-refractivity contribution >= 4 is 23.3 Å². The van der Waals surface area contributed by atoms with Gasteiger partial charge in [0.1, 0.15) is 0 Å². The Morgan fingerprint density at radius 3 is 2.55 bits per heavy atom. The van der Waals surface area contributed by atoms with E-state index in [-0.39, 0.29) is 0 Å². The molecule has 0 saturated heterocycles. The highest BCUT2D eigenvalue weighted by Crippen LogP contribution is 2.28. The van der Waals surface area contributed by atoms with Gasteiger partial charge in [0, 0.05) is 12.2 Å². The quantitative estimate of drug-likeness (QED) is 0.869. The van der Waals surface area contributed by atoms with E-state index < -0.39 is 5.97 Å². The van der Waals surface area contributed by atoms with Crippen molar-refractivity contribution in [2.45, 2.75) is 6.42 Å². The second-order valence-corrected chi connectivity index (χ2v) is 4.82. The number of carbonyl (C=O) groups is 1. The van der Waals surface area contributed by atoms with Crippen LogP contribution in [0.25, 0.3) is 11.6 Å². The van der Waals surface area contributed by atoms with Crippen molar-refractivity contribution in [1.82, 2.24) is 0 Å². The van der Waals surface area contributed by atoms with Crippen LogP contribution in [0.5, 0.6) is 0 Å². The molecule has 0 amide bonds. The number of fused-ring (bicyclic) bond motifs is 1. The third-order valence-electron chi connectivity index (χ3n) is 3.50. The lowest BCUT2D eigenvalue weighted by atomic mass is 9.99. The Labute approximate surface area is 117 Å². The van der Waals surface area contributed by atoms with E-state index in [0.717, 1.165) is 24.2 Å². The van der Waals surface area contributed by atoms with E-state index in [9.17, 15) is 4.79 Å². The van der Waals surface area contributed by atoms with Gasteiger partial charge in [-0.2, -0.15) is 0 Å². The van der Waals surface area contributed by atoms with Crippen LogP contribution in [-0.2, 0) is 0 Å². The first kappa shape index (κ1) is 12.5. The molecule has 0 unspecified atom stereocenters. The fourth-order valence-electron chi connectivity index (χ4n) is 2.43. The van der Waals surface area contributed by atoms with Crippen LogP contribution in [0.3, 0.4) is 0 Å². The van der Waals surface area contributed by atoms with Crippen LogP contribution in [0.2, 0.25) is 0 Å². The molecule has 3 rings (SSSR count). The zero-order valence-electron chi connectivity index (χ0n) is 11.0. The monoisotopic (exact) mass is 265 g/mol. The summed E-state index contributed by atoms with van der Waals surface area (Å²) in [5.74, 6) is -0.890. The Morgan fingerprint density at radius 1 is 1.05 bits per heavy atom. The molecule has 2 N–H and O–H groups in total. The minimum absolute atomic E-state index is 0.321. The van der Waals surface area contributed by atoms with Gasteiger partial charge in [-0.15, -0.1) is 0 Å². The van der Waals surface area contributed by atoms with Gasteiger partial charge in [-0.1, -0.05) is 30.3 Å². The highest BCUT2D eigenvalue weighted by atomic mass is 16.4. The average molecular weight is 265 g/mol. The third kappa shape index (κ3) is 2.43. The minimum Gasteiger partial charge on any atom is -0.478 e. The lowest BCUT2D eigenvalue weighted by Gasteiger charge is -2.06. The normalized spacial score (nSPS) is 13.7. The first-order valence-electron chi connectivity index (χ1n) is 6.61. The van der Waals surface area contributed by atoms with Crippen LogP contribution in [0.4, 0.5) is 5.69 Å². The molecule has 0 saturated carbocycles. The van der Waals surface area contributed by atoms with Crippen molar-refractivity contribution in [1.29, 1.82) is 0 Å². The third-order valence-corrected chi connectivity index (χ3v) is 3.50. The molecule has 3 heteroatoms. The molecular formula is C17H15NO2. The number of hydrogen-bond acceptors (Lipinski definition) is 2. The maximum atomic E-state index is 10.9. The Morgan fingerprint density at radius 2 is 1.80 bits per heavy atom. The molecule has 0 bridgehead atoms. The highest BCUT2D eigenvalue weighted by Gasteiger charge is 2.10. The molecular weight excluding hydrogens is 250 g/mol. The van der Waals surface area contributed by atoms with Crippen LogP contribution < -0.4 is 5.32 Å². The predicted octanol–water partition coefficient (Wildman–Crippen LogP) is 3.74. The standard InChI is InChI=1S/C17H15NO2/c19-17(20)13-7-5-12(6-8-13)14-9-10-18-16-4-2-1-3-15(16)11-14/h1-8,11,18H,9-10H2,(H,19,20). The highest BCUT2D eigenvalue weighted by molar-refractivity contribution is 5.90. The molecule has 2 aromatic rings. The summed E-state index contributed by atoms with van der Waals surface area (Å²) in [5.41, 5.74) is 4.93. The van der Waals surface area contributed by atoms with E-state index in [2.05, 4.69) is 23.5 Å². The summed E-state index contributed by atoms with van der Waals surface area (Å²) in [6, 6.07) is 15.3. The minimum atomic E-state index is -0.890. The number of hydrogen-bond donors (Lipinski definition) is 2. The number of rotatable bonds is 2. The van der Waals surface area contributed by atoms with Gasteiger partial charge in [0.15, 0.2) is 0 Å². The molecule has 20 heavy (non-hydrogen) atoms. The van der Waals surface area contributed by atoms with Gasteiger partial charge < -0.3 is 10.4 Å². The number of nitrogens with one attached hydrogen (secondary N) is 1. The summed E-state index contributed by atoms with van der Waals surface area (Å²) in [5, 5.41) is 12.3. The Balaban J connectivity index is 1.97. The predicted molar refractivity (Wildman–Crippen MR) is 80.8 cm³/mol. The Hall–Kier alpha value is -2.55. The Bertz CT molecular complexity index is 672. The van der Waals surface area contributed by atoms with Gasteiger partial charge in [-0.25, -0.2) is 4.79 Å². The van der Waals surface area contributed by atoms with Gasteiger partial charge >= 0.3 is 5.97 Å². The van der Waals surface area contributed by atoms with Crippen LogP contribution >= 0.6 is 0 Å². The van der Waals surface area contributed by atoms with Crippen molar-refractivity contribution in [2.24, 2.45) is 0 Å². The van der Waals surface area contributed by atoms with E-state index >= 15 is 0 Å². The molecule has 0 fully saturated rings. The van der Waals surface area contributed by atoms with E-state index in [1.807, 2.05) is 24.3 Å². The SMILES string of the molecule is O=C(O)c1ccc(C2=Cc3ccccc3NCC2)cc1. The summed E-state index contributed by atoms with van der Waals surface area (Å²) >= 11 is 0. The molecule has 1 aliphatic heterocycles. The number of para-hydroxylation sites is 1. The van der Waals surface area contributed by atoms with Crippen LogP contribution in [0, 0.1) is 0 Å². The topological polar surface area (TPSA) is 49.3 Å². The summed E-state index contributed by atoms with van der Waals surface area (Å²) < 4.78 is 0. The largest absolute Gasteiger partial charge is 0.478 e. The van der Waals surface area contributed by atoms with Gasteiger partial charge in [0.25, 0.3) is 0 Å². The fourth-order valence-corrected chi connectivity index (χ4v) is 2.43. The van der Waals surface area contributed by atoms with E-state index in [1.165, 1.54) is 11.1 Å². The maximum Gasteiger partial charge on any atom is 0.335 e. The lowest BCUT2D eigenvalue weighted by Crippen LogP contribution is -2.01. The van der Waals surface area contributed by atoms with Crippen LogP contribution in [0.1, 0.15) is 27.9 Å². The Kier molecular flexibility index (Phi) is 3.25. The smallest absolute Gasteiger partial charge is 0.335 e. The van der Waals surface area contributed by atoms with Gasteiger partial charge in [-0.05, 0) is 47.4 Å². The van der Waals surface area contributed by atoms with Gasteiger partial charge in [0.2, 0.25) is 0 Å². The van der Waals surface area contributed by atoms with Crippen LogP contribution in [-0.4, -0.2) is 17.6 Å². The molecule has 0 aliphatic carbocycles. The summed E-state index contributed by atoms with van der Waals surface area (Å²) in [4.78, 5) is 10.9. The zero-order chi connectivity index (χ0) is 13.9. The number of carboxylic acid groups (broad SMARTS) is 1. The first-order valence-corrected chi connectivity index (χ1v) is 6.61. The summed E-state index contributed by atoms with van der Waals surface area (Å²) in [7, 11) is 0. The van der Waals surface area contributed by atoms with E-state index in [1.54, 1.807) is 12.1 Å². The first-order chi connectivity index (χ1) is 9.74. The zero-order valence-corrected chi connectivity index (χ0v) is 11.0. The van der Waals surface area contributed by atoms with E-state index in [0.29, 0.717) is 5.56 Å². The number of carboxylic acids is 1. The van der Waals surface area contributed by atoms with Crippen molar-refractivity contribution in [2.75, 3.05) is 11.9 Å². The molecule has 3 nitrogen and oxygen atoms in total. The molecule has 1 heterocycles. The number of aromatic carboxylic acids is 1. The number of anilines is 1. The summed E-state index contributed by atoms with van der Waals surface area (Å²) in [6.45, 7) is 0.879. The molecule has 1 aliphatic rings. The van der Waals surface area contributed by atoms with Crippen LogP contribution in [0.15, 0.2) is 48.5 Å². The average Bonchev–Trinajstić information content (AvgIpc) is 2.69. The van der Waals surface area contributed by atoms with Crippen molar-refractivity contribution < 1.29 is 9.90 Å². The second-order valence-electron chi connectivity index (χ2n) is 4.82. The maximum absolute atomic E-state index is 10.9. The fraction of sp³-hybridized carbons (Fsp3) is 0.118. The molecule has 0 radical (unpaired) electrons. The van der Waals surface area contributed by atoms with Crippen molar-refractivity contribution in [3.63, 3.8) is 0 Å². The summed E-state index contributed by atoms with van der Waals surface area (Å²) in [6.07, 6.45) is 3.09. The molecule has 0 spiro atoms. The van der Waals surface area contributed by atoms with Gasteiger partial charge in [-0.3, -0.25) is 0 Å². The second kappa shape index (κ2) is 5.21. The number of benzene rings is 2. The van der Waals surface area contributed by atoms with Gasteiger partial charge in [0.05, 0.1) is 5.56 Å². The molecule has 100 valence electrons. The molecule has 2 aromatic carbocycles. The van der Waals surface area contributed by atoms with Crippen molar-refractivity contribution in [3.8, 4) is 0 Å². The molecule has 0 aromatic heterocycles. The molecule has 0 atom stereocenters. The van der Waals surface area contributed by atoms with Crippen molar-refractivity contribution in [3.05, 3.63) is 65.2 Å².